The molecule has 0 bridgehead atoms. The number of hydrogen-bond acceptors (Lipinski definition) is 4. The maximum absolute atomic E-state index is 13.5. The molecular weight excluding hydrogens is 666 g/mol. The smallest absolute Gasteiger partial charge is 0.416 e. The van der Waals surface area contributed by atoms with Crippen LogP contribution in [0.5, 0.6) is 23.0 Å². The summed E-state index contributed by atoms with van der Waals surface area (Å²) in [7, 11) is 0. The largest absolute Gasteiger partial charge is 0.455 e. The second kappa shape index (κ2) is 12.2. The van der Waals surface area contributed by atoms with Gasteiger partial charge < -0.3 is 20.9 Å². The maximum Gasteiger partial charge on any atom is 0.416 e. The Labute approximate surface area is 289 Å². The molecule has 0 heterocycles. The molecule has 0 amide bonds. The van der Waals surface area contributed by atoms with Crippen molar-refractivity contribution in [2.24, 2.45) is 0 Å². The number of anilines is 2. The average molecular weight is 697 g/mol. The summed E-state index contributed by atoms with van der Waals surface area (Å²) in [4.78, 5) is 0. The first kappa shape index (κ1) is 33.6. The molecule has 4 nitrogen and oxygen atoms in total. The van der Waals surface area contributed by atoms with Crippen LogP contribution in [-0.4, -0.2) is 0 Å². The van der Waals surface area contributed by atoms with E-state index in [1.165, 1.54) is 12.1 Å². The molecule has 7 rings (SSSR count). The summed E-state index contributed by atoms with van der Waals surface area (Å²) in [5.41, 5.74) is 16.6. The molecule has 0 aromatic heterocycles. The van der Waals surface area contributed by atoms with E-state index in [-0.39, 0.29) is 22.9 Å². The van der Waals surface area contributed by atoms with E-state index >= 15 is 0 Å². The molecule has 0 spiro atoms. The summed E-state index contributed by atoms with van der Waals surface area (Å²) in [6.07, 6.45) is -9.14. The van der Waals surface area contributed by atoms with Gasteiger partial charge in [0.05, 0.1) is 27.9 Å². The van der Waals surface area contributed by atoms with Gasteiger partial charge >= 0.3 is 12.4 Å². The minimum atomic E-state index is -4.57. The Morgan fingerprint density at radius 1 is 0.471 bits per heavy atom. The zero-order valence-corrected chi connectivity index (χ0v) is 27.3. The van der Waals surface area contributed by atoms with E-state index < -0.39 is 28.9 Å². The van der Waals surface area contributed by atoms with E-state index in [9.17, 15) is 26.3 Å². The molecule has 4 N–H and O–H groups in total. The Balaban J connectivity index is 1.36. The molecule has 6 aromatic carbocycles. The molecule has 0 saturated heterocycles. The second-order valence-electron chi connectivity index (χ2n) is 12.5. The first-order valence-electron chi connectivity index (χ1n) is 15.9. The van der Waals surface area contributed by atoms with Crippen LogP contribution in [0.4, 0.5) is 37.7 Å². The fraction of sp³-hybridized carbons (Fsp3) is 0.122. The summed E-state index contributed by atoms with van der Waals surface area (Å²) in [6, 6.07) is 33.1. The highest BCUT2D eigenvalue weighted by atomic mass is 19.4. The van der Waals surface area contributed by atoms with Crippen molar-refractivity contribution in [1.29, 1.82) is 0 Å². The van der Waals surface area contributed by atoms with Crippen LogP contribution in [-0.2, 0) is 17.8 Å². The number of aryl methyl sites for hydroxylation is 2. The van der Waals surface area contributed by atoms with E-state index in [1.54, 1.807) is 12.1 Å². The third-order valence-corrected chi connectivity index (χ3v) is 9.29. The lowest BCUT2D eigenvalue weighted by Gasteiger charge is -2.34. The van der Waals surface area contributed by atoms with Gasteiger partial charge in [-0.2, -0.15) is 26.3 Å². The highest BCUT2D eigenvalue weighted by Crippen LogP contribution is 2.57. The van der Waals surface area contributed by atoms with E-state index in [1.807, 2.05) is 62.4 Å². The van der Waals surface area contributed by atoms with Gasteiger partial charge in [0.1, 0.15) is 11.5 Å². The third-order valence-electron chi connectivity index (χ3n) is 9.29. The van der Waals surface area contributed by atoms with E-state index in [0.29, 0.717) is 22.6 Å². The van der Waals surface area contributed by atoms with Gasteiger partial charge in [0.2, 0.25) is 0 Å². The van der Waals surface area contributed by atoms with Crippen LogP contribution in [0.1, 0.15) is 44.5 Å². The van der Waals surface area contributed by atoms with Crippen molar-refractivity contribution >= 4 is 11.4 Å². The van der Waals surface area contributed by atoms with Crippen molar-refractivity contribution in [1.82, 2.24) is 0 Å². The molecule has 10 heteroatoms. The molecular formula is C41H30F6N2O2. The lowest BCUT2D eigenvalue weighted by molar-refractivity contribution is -0.138. The summed E-state index contributed by atoms with van der Waals surface area (Å²) in [6.45, 7) is 3.62. The number of rotatable bonds is 6. The summed E-state index contributed by atoms with van der Waals surface area (Å²) < 4.78 is 92.8. The Hall–Kier alpha value is -5.90. The maximum atomic E-state index is 13.5. The quantitative estimate of drug-likeness (QED) is 0.134. The number of hydrogen-bond donors (Lipinski definition) is 2. The van der Waals surface area contributed by atoms with Crippen LogP contribution in [0, 0.1) is 13.8 Å². The molecule has 0 aliphatic heterocycles. The Morgan fingerprint density at radius 3 is 1.24 bits per heavy atom. The van der Waals surface area contributed by atoms with Gasteiger partial charge in [-0.25, -0.2) is 0 Å². The van der Waals surface area contributed by atoms with Crippen molar-refractivity contribution in [3.63, 3.8) is 0 Å². The lowest BCUT2D eigenvalue weighted by Crippen LogP contribution is -2.28. The Morgan fingerprint density at radius 2 is 0.863 bits per heavy atom. The number of nitrogen functional groups attached to an aromatic ring is 2. The minimum absolute atomic E-state index is 0.0614. The standard InChI is InChI=1S/C41H30F6N2O2/c1-23-19-25(13-17-35(23)50-37-21-27(40(42,43)44)11-15-33(37)48)39(31-9-5-3-7-29(31)30-8-4-6-10-32(30)39)26-14-18-36(24(2)20-26)51-38-22-28(41(45,46)47)12-16-34(38)49/h3-22H,48-49H2,1-2H3. The summed E-state index contributed by atoms with van der Waals surface area (Å²) in [5.74, 6) is 0.440. The first-order chi connectivity index (χ1) is 24.2. The second-order valence-corrected chi connectivity index (χ2v) is 12.5. The predicted octanol–water partition coefficient (Wildman–Crippen LogP) is 11.5. The molecule has 0 saturated carbocycles. The number of benzene rings is 6. The van der Waals surface area contributed by atoms with Gasteiger partial charge in [0, 0.05) is 0 Å². The molecule has 51 heavy (non-hydrogen) atoms. The van der Waals surface area contributed by atoms with Crippen LogP contribution < -0.4 is 20.9 Å². The fourth-order valence-electron chi connectivity index (χ4n) is 6.85. The minimum Gasteiger partial charge on any atom is -0.455 e. The molecule has 258 valence electrons. The molecule has 1 aliphatic rings. The number of halogens is 6. The van der Waals surface area contributed by atoms with Crippen molar-refractivity contribution in [2.45, 2.75) is 31.6 Å². The van der Waals surface area contributed by atoms with Crippen LogP contribution in [0.15, 0.2) is 121 Å². The zero-order valence-electron chi connectivity index (χ0n) is 27.3. The van der Waals surface area contributed by atoms with Gasteiger partial charge in [0.15, 0.2) is 11.5 Å². The number of fused-ring (bicyclic) bond motifs is 3. The van der Waals surface area contributed by atoms with Crippen molar-refractivity contribution in [2.75, 3.05) is 11.5 Å². The average Bonchev–Trinajstić information content (AvgIpc) is 3.38. The van der Waals surface area contributed by atoms with Crippen molar-refractivity contribution in [3.05, 3.63) is 166 Å². The predicted molar refractivity (Wildman–Crippen MR) is 185 cm³/mol. The topological polar surface area (TPSA) is 70.5 Å². The van der Waals surface area contributed by atoms with E-state index in [4.69, 9.17) is 20.9 Å². The Bertz CT molecular complexity index is 2150. The Kier molecular flexibility index (Phi) is 8.00. The normalized spacial score (nSPS) is 13.4. The van der Waals surface area contributed by atoms with Crippen LogP contribution in [0.25, 0.3) is 11.1 Å². The molecule has 1 aliphatic carbocycles. The molecule has 0 fully saturated rings. The zero-order chi connectivity index (χ0) is 36.3. The van der Waals surface area contributed by atoms with Crippen molar-refractivity contribution in [3.8, 4) is 34.1 Å². The number of nitrogens with two attached hydrogens (primary N) is 2. The SMILES string of the molecule is Cc1cc(C2(c3ccc(Oc4cc(C(F)(F)F)ccc4N)c(C)c3)c3ccccc3-c3ccccc32)ccc1Oc1cc(C(F)(F)F)ccc1N. The van der Waals surface area contributed by atoms with Crippen molar-refractivity contribution < 1.29 is 35.8 Å². The van der Waals surface area contributed by atoms with Crippen LogP contribution >= 0.6 is 0 Å². The highest BCUT2D eigenvalue weighted by Gasteiger charge is 2.46. The van der Waals surface area contributed by atoms with Crippen LogP contribution in [0.2, 0.25) is 0 Å². The van der Waals surface area contributed by atoms with Gasteiger partial charge in [-0.1, -0.05) is 72.8 Å². The molecule has 0 radical (unpaired) electrons. The van der Waals surface area contributed by atoms with Crippen LogP contribution in [0.3, 0.4) is 0 Å². The third kappa shape index (κ3) is 5.80. The number of ether oxygens (including phenoxy) is 2. The fourth-order valence-corrected chi connectivity index (χ4v) is 6.85. The van der Waals surface area contributed by atoms with E-state index in [2.05, 4.69) is 24.3 Å². The van der Waals surface area contributed by atoms with Gasteiger partial charge in [-0.05, 0) is 107 Å². The number of alkyl halides is 6. The lowest BCUT2D eigenvalue weighted by atomic mass is 9.67. The molecule has 0 unspecified atom stereocenters. The monoisotopic (exact) mass is 696 g/mol. The van der Waals surface area contributed by atoms with Gasteiger partial charge in [-0.15, -0.1) is 0 Å². The summed E-state index contributed by atoms with van der Waals surface area (Å²) >= 11 is 0. The highest BCUT2D eigenvalue weighted by molar-refractivity contribution is 5.86. The van der Waals surface area contributed by atoms with Gasteiger partial charge in [0.25, 0.3) is 0 Å². The molecule has 0 atom stereocenters. The summed E-state index contributed by atoms with van der Waals surface area (Å²) in [5, 5.41) is 0. The first-order valence-corrected chi connectivity index (χ1v) is 15.9. The van der Waals surface area contributed by atoms with Gasteiger partial charge in [-0.3, -0.25) is 0 Å². The molecule has 6 aromatic rings. The van der Waals surface area contributed by atoms with E-state index in [0.717, 1.165) is 57.6 Å².